The van der Waals surface area contributed by atoms with Crippen LogP contribution < -0.4 is 5.32 Å². The first-order valence-corrected chi connectivity index (χ1v) is 5.40. The van der Waals surface area contributed by atoms with E-state index in [0.29, 0.717) is 12.1 Å². The van der Waals surface area contributed by atoms with E-state index in [9.17, 15) is 4.79 Å². The molecule has 74 valence electrons. The fourth-order valence-electron chi connectivity index (χ4n) is 0.986. The fourth-order valence-corrected chi connectivity index (χ4v) is 1.53. The maximum absolute atomic E-state index is 11.6. The summed E-state index contributed by atoms with van der Waals surface area (Å²) in [5.74, 6) is -0.109. The second-order valence-corrected chi connectivity index (χ2v) is 3.35. The van der Waals surface area contributed by atoms with Crippen LogP contribution in [0.2, 0.25) is 0 Å². The summed E-state index contributed by atoms with van der Waals surface area (Å²) in [6.45, 7) is 4.01. The Balaban J connectivity index is 2.82. The number of amides is 1. The maximum Gasteiger partial charge on any atom is 0.254 e. The Labute approximate surface area is 87.6 Å². The lowest BCUT2D eigenvalue weighted by atomic mass is 10.2. The Morgan fingerprint density at radius 2 is 2.57 bits per heavy atom. The molecule has 1 amide bonds. The predicted octanol–water partition coefficient (Wildman–Crippen LogP) is 1.72. The number of hydrogen-bond donors (Lipinski definition) is 1. The highest BCUT2D eigenvalue weighted by molar-refractivity contribution is 7.98. The monoisotopic (exact) mass is 208 g/mol. The summed E-state index contributed by atoms with van der Waals surface area (Å²) in [4.78, 5) is 15.7. The van der Waals surface area contributed by atoms with Gasteiger partial charge in [-0.15, -0.1) is 18.3 Å². The average molecular weight is 208 g/mol. The van der Waals surface area contributed by atoms with Gasteiger partial charge in [0.15, 0.2) is 0 Å². The van der Waals surface area contributed by atoms with Crippen LogP contribution in [0.1, 0.15) is 10.4 Å². The Morgan fingerprint density at radius 3 is 3.21 bits per heavy atom. The van der Waals surface area contributed by atoms with E-state index < -0.39 is 0 Å². The molecule has 1 aromatic heterocycles. The molecule has 1 rings (SSSR count). The summed E-state index contributed by atoms with van der Waals surface area (Å²) < 4.78 is 0. The van der Waals surface area contributed by atoms with E-state index in [4.69, 9.17) is 0 Å². The van der Waals surface area contributed by atoms with Gasteiger partial charge in [-0.3, -0.25) is 4.79 Å². The van der Waals surface area contributed by atoms with Crippen molar-refractivity contribution in [3.05, 3.63) is 36.5 Å². The van der Waals surface area contributed by atoms with E-state index >= 15 is 0 Å². The van der Waals surface area contributed by atoms with Crippen molar-refractivity contribution < 1.29 is 4.79 Å². The number of hydrogen-bond acceptors (Lipinski definition) is 3. The molecule has 0 atom stereocenters. The first-order chi connectivity index (χ1) is 6.79. The van der Waals surface area contributed by atoms with Gasteiger partial charge in [-0.05, 0) is 18.4 Å². The van der Waals surface area contributed by atoms with Crippen molar-refractivity contribution in [2.45, 2.75) is 5.03 Å². The lowest BCUT2D eigenvalue weighted by Gasteiger charge is -2.05. The van der Waals surface area contributed by atoms with Crippen molar-refractivity contribution >= 4 is 17.7 Å². The second-order valence-electron chi connectivity index (χ2n) is 2.56. The van der Waals surface area contributed by atoms with E-state index in [1.54, 1.807) is 24.4 Å². The molecule has 0 aliphatic heterocycles. The SMILES string of the molecule is C=CCNC(=O)c1cccnc1SC. The molecular formula is C10H12N2OS. The van der Waals surface area contributed by atoms with Gasteiger partial charge in [0, 0.05) is 12.7 Å². The van der Waals surface area contributed by atoms with Crippen LogP contribution in [0.4, 0.5) is 0 Å². The average Bonchev–Trinajstić information content (AvgIpc) is 2.25. The molecule has 0 spiro atoms. The number of carbonyl (C=O) groups is 1. The molecule has 1 heterocycles. The van der Waals surface area contributed by atoms with Crippen molar-refractivity contribution in [1.82, 2.24) is 10.3 Å². The maximum atomic E-state index is 11.6. The summed E-state index contributed by atoms with van der Waals surface area (Å²) in [6, 6.07) is 3.51. The Bertz CT molecular complexity index is 339. The van der Waals surface area contributed by atoms with Crippen LogP contribution in [-0.4, -0.2) is 23.7 Å². The standard InChI is InChI=1S/C10H12N2OS/c1-3-6-11-9(13)8-5-4-7-12-10(8)14-2/h3-5,7H,1,6H2,2H3,(H,11,13). The number of carbonyl (C=O) groups excluding carboxylic acids is 1. The highest BCUT2D eigenvalue weighted by Gasteiger charge is 2.09. The van der Waals surface area contributed by atoms with Crippen molar-refractivity contribution in [2.75, 3.05) is 12.8 Å². The molecule has 0 unspecified atom stereocenters. The molecule has 14 heavy (non-hydrogen) atoms. The van der Waals surface area contributed by atoms with Gasteiger partial charge < -0.3 is 5.32 Å². The molecule has 0 aliphatic rings. The first kappa shape index (κ1) is 10.8. The third kappa shape index (κ3) is 2.60. The molecule has 1 N–H and O–H groups in total. The molecular weight excluding hydrogens is 196 g/mol. The third-order valence-electron chi connectivity index (χ3n) is 1.62. The first-order valence-electron chi connectivity index (χ1n) is 4.17. The summed E-state index contributed by atoms with van der Waals surface area (Å²) in [5, 5.41) is 3.46. The van der Waals surface area contributed by atoms with Gasteiger partial charge in [0.2, 0.25) is 0 Å². The summed E-state index contributed by atoms with van der Waals surface area (Å²) in [7, 11) is 0. The quantitative estimate of drug-likeness (QED) is 0.605. The van der Waals surface area contributed by atoms with Crippen molar-refractivity contribution in [3.63, 3.8) is 0 Å². The molecule has 0 aliphatic carbocycles. The number of aromatic nitrogens is 1. The van der Waals surface area contributed by atoms with Gasteiger partial charge in [0.25, 0.3) is 5.91 Å². The number of thioether (sulfide) groups is 1. The van der Waals surface area contributed by atoms with Crippen molar-refractivity contribution in [2.24, 2.45) is 0 Å². The molecule has 4 heteroatoms. The molecule has 0 aromatic carbocycles. The number of nitrogens with one attached hydrogen (secondary N) is 1. The molecule has 0 saturated heterocycles. The highest BCUT2D eigenvalue weighted by Crippen LogP contribution is 2.16. The smallest absolute Gasteiger partial charge is 0.254 e. The van der Waals surface area contributed by atoms with Crippen molar-refractivity contribution in [1.29, 1.82) is 0 Å². The van der Waals surface area contributed by atoms with E-state index in [-0.39, 0.29) is 5.91 Å². The minimum atomic E-state index is -0.109. The highest BCUT2D eigenvalue weighted by atomic mass is 32.2. The van der Waals surface area contributed by atoms with E-state index in [2.05, 4.69) is 16.9 Å². The zero-order valence-electron chi connectivity index (χ0n) is 7.99. The predicted molar refractivity (Wildman–Crippen MR) is 58.5 cm³/mol. The van der Waals surface area contributed by atoms with Crippen LogP contribution in [0.25, 0.3) is 0 Å². The van der Waals surface area contributed by atoms with Gasteiger partial charge in [-0.1, -0.05) is 6.08 Å². The Kier molecular flexibility index (Phi) is 4.19. The second kappa shape index (κ2) is 5.44. The van der Waals surface area contributed by atoms with Gasteiger partial charge >= 0.3 is 0 Å². The van der Waals surface area contributed by atoms with Crippen molar-refractivity contribution in [3.8, 4) is 0 Å². The number of rotatable bonds is 4. The van der Waals surface area contributed by atoms with E-state index in [1.165, 1.54) is 11.8 Å². The lowest BCUT2D eigenvalue weighted by Crippen LogP contribution is -2.23. The molecule has 0 fully saturated rings. The van der Waals surface area contributed by atoms with Crippen LogP contribution in [-0.2, 0) is 0 Å². The Hall–Kier alpha value is -1.29. The largest absolute Gasteiger partial charge is 0.348 e. The van der Waals surface area contributed by atoms with Gasteiger partial charge in [-0.2, -0.15) is 0 Å². The third-order valence-corrected chi connectivity index (χ3v) is 2.33. The number of nitrogens with zero attached hydrogens (tertiary/aromatic N) is 1. The number of pyridine rings is 1. The zero-order valence-corrected chi connectivity index (χ0v) is 8.80. The molecule has 0 bridgehead atoms. The summed E-state index contributed by atoms with van der Waals surface area (Å²) >= 11 is 1.46. The van der Waals surface area contributed by atoms with Crippen LogP contribution in [0, 0.1) is 0 Å². The van der Waals surface area contributed by atoms with E-state index in [0.717, 1.165) is 5.03 Å². The van der Waals surface area contributed by atoms with Crippen LogP contribution in [0.5, 0.6) is 0 Å². The van der Waals surface area contributed by atoms with Gasteiger partial charge in [0.05, 0.1) is 5.56 Å². The minimum absolute atomic E-state index is 0.109. The normalized spacial score (nSPS) is 9.50. The lowest BCUT2D eigenvalue weighted by molar-refractivity contribution is 0.0954. The van der Waals surface area contributed by atoms with Gasteiger partial charge in [0.1, 0.15) is 5.03 Å². The van der Waals surface area contributed by atoms with Crippen LogP contribution in [0.15, 0.2) is 36.0 Å². The topological polar surface area (TPSA) is 42.0 Å². The Morgan fingerprint density at radius 1 is 1.79 bits per heavy atom. The minimum Gasteiger partial charge on any atom is -0.348 e. The van der Waals surface area contributed by atoms with E-state index in [1.807, 2.05) is 6.26 Å². The van der Waals surface area contributed by atoms with Crippen LogP contribution in [0.3, 0.4) is 0 Å². The molecule has 1 aromatic rings. The van der Waals surface area contributed by atoms with Gasteiger partial charge in [-0.25, -0.2) is 4.98 Å². The summed E-state index contributed by atoms with van der Waals surface area (Å²) in [6.07, 6.45) is 5.22. The zero-order chi connectivity index (χ0) is 10.4. The fraction of sp³-hybridized carbons (Fsp3) is 0.200. The molecule has 3 nitrogen and oxygen atoms in total. The summed E-state index contributed by atoms with van der Waals surface area (Å²) in [5.41, 5.74) is 0.613. The van der Waals surface area contributed by atoms with Crippen LogP contribution >= 0.6 is 11.8 Å². The molecule has 0 radical (unpaired) electrons. The molecule has 0 saturated carbocycles.